The van der Waals surface area contributed by atoms with Gasteiger partial charge >= 0.3 is 6.09 Å². The van der Waals surface area contributed by atoms with Crippen LogP contribution in [0.4, 0.5) is 4.79 Å². The van der Waals surface area contributed by atoms with Gasteiger partial charge in [-0.2, -0.15) is 0 Å². The van der Waals surface area contributed by atoms with Crippen LogP contribution < -0.4 is 5.32 Å². The number of rotatable bonds is 13. The Morgan fingerprint density at radius 1 is 1.00 bits per heavy atom. The van der Waals surface area contributed by atoms with Gasteiger partial charge in [-0.05, 0) is 35.6 Å². The van der Waals surface area contributed by atoms with Gasteiger partial charge in [-0.15, -0.1) is 11.3 Å². The number of nitrogens with one attached hydrogen (secondary N) is 1. The molecule has 0 aliphatic heterocycles. The number of carbonyl (C=O) groups is 1. The first-order chi connectivity index (χ1) is 19.0. The zero-order valence-electron chi connectivity index (χ0n) is 22.4. The molecule has 4 aromatic rings. The monoisotopic (exact) mass is 544 g/mol. The number of ether oxygens (including phenoxy) is 1. The first-order valence-corrected chi connectivity index (χ1v) is 14.1. The Hall–Kier alpha value is -3.59. The molecule has 0 saturated heterocycles. The Balaban J connectivity index is 1.43. The molecule has 0 spiro atoms. The van der Waals surface area contributed by atoms with Gasteiger partial charge in [0.1, 0.15) is 6.61 Å². The van der Waals surface area contributed by atoms with Gasteiger partial charge in [0.25, 0.3) is 0 Å². The smallest absolute Gasteiger partial charge is 0.407 e. The number of alkyl carbamates (subject to hydrolysis) is 1. The summed E-state index contributed by atoms with van der Waals surface area (Å²) in [6, 6.07) is 23.6. The lowest BCUT2D eigenvalue weighted by Gasteiger charge is -2.31. The van der Waals surface area contributed by atoms with Crippen LogP contribution in [-0.2, 0) is 24.3 Å². The van der Waals surface area contributed by atoms with E-state index < -0.39 is 18.2 Å². The highest BCUT2D eigenvalue weighted by molar-refractivity contribution is 7.09. The second-order valence-electron chi connectivity index (χ2n) is 10.1. The molecule has 0 aliphatic carbocycles. The normalized spacial score (nSPS) is 12.8. The summed E-state index contributed by atoms with van der Waals surface area (Å²) in [5.41, 5.74) is 5.90. The van der Waals surface area contributed by atoms with Gasteiger partial charge in [0.05, 0.1) is 28.2 Å². The van der Waals surface area contributed by atoms with Crippen LogP contribution in [0.2, 0.25) is 0 Å². The van der Waals surface area contributed by atoms with Crippen molar-refractivity contribution in [3.8, 4) is 11.3 Å². The fourth-order valence-corrected chi connectivity index (χ4v) is 4.98. The van der Waals surface area contributed by atoms with Crippen LogP contribution in [0.25, 0.3) is 11.3 Å². The molecule has 8 heteroatoms. The molecule has 2 aromatic carbocycles. The highest BCUT2D eigenvalue weighted by Gasteiger charge is 2.25. The van der Waals surface area contributed by atoms with Gasteiger partial charge in [0, 0.05) is 37.6 Å². The van der Waals surface area contributed by atoms with E-state index in [0.717, 1.165) is 33.8 Å². The number of pyridine rings is 1. The van der Waals surface area contributed by atoms with E-state index in [1.165, 1.54) is 11.3 Å². The Morgan fingerprint density at radius 2 is 1.77 bits per heavy atom. The highest BCUT2D eigenvalue weighted by Crippen LogP contribution is 2.19. The molecule has 0 saturated carbocycles. The number of aliphatic hydroxyl groups excluding tert-OH is 1. The van der Waals surface area contributed by atoms with Crippen LogP contribution in [0.15, 0.2) is 90.7 Å². The quantitative estimate of drug-likeness (QED) is 0.229. The number of aromatic nitrogens is 2. The molecule has 0 unspecified atom stereocenters. The van der Waals surface area contributed by atoms with E-state index in [1.54, 1.807) is 17.9 Å². The maximum absolute atomic E-state index is 12.7. The van der Waals surface area contributed by atoms with E-state index in [9.17, 15) is 9.90 Å². The topological polar surface area (TPSA) is 87.6 Å². The van der Waals surface area contributed by atoms with Gasteiger partial charge in [-0.3, -0.25) is 14.9 Å². The molecule has 0 bridgehead atoms. The van der Waals surface area contributed by atoms with E-state index in [1.807, 2.05) is 48.5 Å². The van der Waals surface area contributed by atoms with E-state index in [-0.39, 0.29) is 6.61 Å². The minimum absolute atomic E-state index is 0.151. The summed E-state index contributed by atoms with van der Waals surface area (Å²) >= 11 is 1.43. The molecule has 2 aromatic heterocycles. The second-order valence-corrected chi connectivity index (χ2v) is 11.0. The van der Waals surface area contributed by atoms with Crippen molar-refractivity contribution in [3.63, 3.8) is 0 Å². The number of benzene rings is 2. The van der Waals surface area contributed by atoms with Crippen molar-refractivity contribution in [1.29, 1.82) is 0 Å². The minimum Gasteiger partial charge on any atom is -0.444 e. The van der Waals surface area contributed by atoms with Crippen LogP contribution in [0, 0.1) is 5.92 Å². The van der Waals surface area contributed by atoms with E-state index in [2.05, 4.69) is 58.3 Å². The molecule has 2 atom stereocenters. The van der Waals surface area contributed by atoms with E-state index >= 15 is 0 Å². The lowest BCUT2D eigenvalue weighted by Crippen LogP contribution is -2.50. The van der Waals surface area contributed by atoms with Crippen LogP contribution in [0.3, 0.4) is 0 Å². The Labute approximate surface area is 234 Å². The molecular formula is C31H36N4O3S. The Kier molecular flexibility index (Phi) is 10.6. The molecule has 0 radical (unpaired) electrons. The molecule has 1 amide bonds. The molecule has 39 heavy (non-hydrogen) atoms. The molecule has 204 valence electrons. The summed E-state index contributed by atoms with van der Waals surface area (Å²) in [7, 11) is 0. The minimum atomic E-state index is -0.798. The Bertz CT molecular complexity index is 1250. The van der Waals surface area contributed by atoms with Crippen LogP contribution in [-0.4, -0.2) is 51.3 Å². The number of amides is 1. The number of thiazole rings is 1. The number of hydrogen-bond donors (Lipinski definition) is 2. The maximum atomic E-state index is 12.7. The van der Waals surface area contributed by atoms with Gasteiger partial charge in [-0.25, -0.2) is 4.79 Å². The predicted octanol–water partition coefficient (Wildman–Crippen LogP) is 5.56. The average molecular weight is 545 g/mol. The summed E-state index contributed by atoms with van der Waals surface area (Å²) < 4.78 is 5.41. The summed E-state index contributed by atoms with van der Waals surface area (Å²) in [6.07, 6.45) is 2.62. The zero-order valence-corrected chi connectivity index (χ0v) is 23.3. The number of aliphatic hydroxyl groups is 1. The zero-order chi connectivity index (χ0) is 27.5. The van der Waals surface area contributed by atoms with Crippen LogP contribution >= 0.6 is 11.3 Å². The summed E-state index contributed by atoms with van der Waals surface area (Å²) in [6.45, 7) is 6.39. The SMILES string of the molecule is CC(C)CN(Cc1ccc(-c2ccccn2)cc1)C[C@@H](O)[C@H](Cc1ccccc1)NC(=O)OCc1cncs1. The molecule has 2 heterocycles. The first kappa shape index (κ1) is 28.4. The van der Waals surface area contributed by atoms with Gasteiger partial charge in [-0.1, -0.05) is 74.5 Å². The van der Waals surface area contributed by atoms with Crippen molar-refractivity contribution >= 4 is 17.4 Å². The van der Waals surface area contributed by atoms with Crippen molar-refractivity contribution in [2.75, 3.05) is 13.1 Å². The van der Waals surface area contributed by atoms with Crippen molar-refractivity contribution in [3.05, 3.63) is 107 Å². The fraction of sp³-hybridized carbons (Fsp3) is 0.323. The lowest BCUT2D eigenvalue weighted by atomic mass is 10.00. The van der Waals surface area contributed by atoms with E-state index in [0.29, 0.717) is 25.4 Å². The summed E-state index contributed by atoms with van der Waals surface area (Å²) in [4.78, 5) is 24.2. The molecular weight excluding hydrogens is 508 g/mol. The molecule has 4 rings (SSSR count). The third-order valence-corrected chi connectivity index (χ3v) is 7.04. The molecule has 0 fully saturated rings. The molecule has 2 N–H and O–H groups in total. The summed E-state index contributed by atoms with van der Waals surface area (Å²) in [5.74, 6) is 0.412. The van der Waals surface area contributed by atoms with Crippen LogP contribution in [0.5, 0.6) is 0 Å². The standard InChI is InChI=1S/C31H36N4O3S/c1-23(2)18-35(19-25-11-13-26(14-12-25)28-10-6-7-15-33-28)20-30(36)29(16-24-8-4-3-5-9-24)34-31(37)38-21-27-17-32-22-39-27/h3-15,17,22-23,29-30,36H,16,18-21H2,1-2H3,(H,34,37)/t29-,30+/m0/s1. The third-order valence-electron chi connectivity index (χ3n) is 6.28. The van der Waals surface area contributed by atoms with Gasteiger partial charge < -0.3 is 15.2 Å². The third kappa shape index (κ3) is 9.28. The first-order valence-electron chi connectivity index (χ1n) is 13.2. The fourth-order valence-electron chi connectivity index (χ4n) is 4.48. The lowest BCUT2D eigenvalue weighted by molar-refractivity contribution is 0.0647. The summed E-state index contributed by atoms with van der Waals surface area (Å²) in [5, 5.41) is 14.3. The van der Waals surface area contributed by atoms with E-state index in [4.69, 9.17) is 4.74 Å². The second kappa shape index (κ2) is 14.5. The largest absolute Gasteiger partial charge is 0.444 e. The molecule has 0 aliphatic rings. The number of nitrogens with zero attached hydrogens (tertiary/aromatic N) is 3. The highest BCUT2D eigenvalue weighted by atomic mass is 32.1. The predicted molar refractivity (Wildman–Crippen MR) is 155 cm³/mol. The number of carbonyl (C=O) groups excluding carboxylic acids is 1. The number of hydrogen-bond acceptors (Lipinski definition) is 7. The Morgan fingerprint density at radius 3 is 2.44 bits per heavy atom. The van der Waals surface area contributed by atoms with Gasteiger partial charge in [0.15, 0.2) is 0 Å². The maximum Gasteiger partial charge on any atom is 0.407 e. The van der Waals surface area contributed by atoms with Crippen molar-refractivity contribution in [2.24, 2.45) is 5.92 Å². The van der Waals surface area contributed by atoms with Crippen LogP contribution in [0.1, 0.15) is 29.9 Å². The van der Waals surface area contributed by atoms with Crippen molar-refractivity contribution < 1.29 is 14.6 Å². The van der Waals surface area contributed by atoms with Crippen molar-refractivity contribution in [2.45, 2.75) is 45.6 Å². The van der Waals surface area contributed by atoms with Crippen molar-refractivity contribution in [1.82, 2.24) is 20.2 Å². The molecule has 7 nitrogen and oxygen atoms in total. The van der Waals surface area contributed by atoms with Gasteiger partial charge in [0.2, 0.25) is 0 Å². The average Bonchev–Trinajstić information content (AvgIpc) is 3.46.